The molecule has 0 saturated carbocycles. The molecule has 0 radical (unpaired) electrons. The molecule has 1 aliphatic heterocycles. The number of aryl methyl sites for hydroxylation is 2. The number of fused-ring (bicyclic) bond motifs is 2. The van der Waals surface area contributed by atoms with E-state index in [2.05, 4.69) is 20.1 Å². The highest BCUT2D eigenvalue weighted by Gasteiger charge is 2.34. The van der Waals surface area contributed by atoms with Gasteiger partial charge < -0.3 is 19.5 Å². The highest BCUT2D eigenvalue weighted by molar-refractivity contribution is 8.16. The van der Waals surface area contributed by atoms with E-state index in [9.17, 15) is 31.4 Å². The number of benzene rings is 2. The Bertz CT molecular complexity index is 1630. The first-order valence-electron chi connectivity index (χ1n) is 12.6. The minimum atomic E-state index is -4.84. The molecular weight excluding hydrogens is 584 g/mol. The molecule has 4 aromatic rings. The highest BCUT2D eigenvalue weighted by atomic mass is 32.2. The van der Waals surface area contributed by atoms with Crippen LogP contribution in [0.5, 0.6) is 5.75 Å². The van der Waals surface area contributed by atoms with Crippen molar-refractivity contribution in [3.8, 4) is 5.75 Å². The fraction of sp³-hybridized carbons (Fsp3) is 0.250. The number of nitrogens with zero attached hydrogens (tertiary/aromatic N) is 4. The van der Waals surface area contributed by atoms with Gasteiger partial charge in [0, 0.05) is 23.2 Å². The Hall–Kier alpha value is -4.04. The van der Waals surface area contributed by atoms with E-state index < -0.39 is 35.0 Å². The van der Waals surface area contributed by atoms with E-state index in [0.29, 0.717) is 33.1 Å². The van der Waals surface area contributed by atoms with Gasteiger partial charge in [0.25, 0.3) is 0 Å². The maximum absolute atomic E-state index is 13.5. The first-order chi connectivity index (χ1) is 19.7. The van der Waals surface area contributed by atoms with Crippen molar-refractivity contribution in [1.82, 2.24) is 14.8 Å². The first kappa shape index (κ1) is 29.5. The third-order valence-corrected chi connectivity index (χ3v) is 8.62. The number of aliphatic hydroxyl groups is 1. The van der Waals surface area contributed by atoms with Crippen molar-refractivity contribution in [3.05, 3.63) is 88.9 Å². The van der Waals surface area contributed by atoms with Gasteiger partial charge in [-0.2, -0.15) is 18.3 Å². The number of anilines is 3. The topological polar surface area (TPSA) is 75.4 Å². The van der Waals surface area contributed by atoms with Crippen molar-refractivity contribution in [2.75, 3.05) is 9.62 Å². The van der Waals surface area contributed by atoms with E-state index >= 15 is 0 Å². The molecule has 2 aromatic carbocycles. The van der Waals surface area contributed by atoms with Crippen LogP contribution < -0.4 is 14.4 Å². The van der Waals surface area contributed by atoms with Crippen LogP contribution in [-0.4, -0.2) is 31.6 Å². The summed E-state index contributed by atoms with van der Waals surface area (Å²) in [5, 5.41) is 20.4. The molecule has 222 valence electrons. The summed E-state index contributed by atoms with van der Waals surface area (Å²) in [5.74, 6) is -0.357. The first-order valence-corrected chi connectivity index (χ1v) is 13.8. The summed E-state index contributed by atoms with van der Waals surface area (Å²) >= 11 is 0. The summed E-state index contributed by atoms with van der Waals surface area (Å²) in [6.07, 6.45) is -10.6. The summed E-state index contributed by atoms with van der Waals surface area (Å²) < 4.78 is 86.1. The molecule has 14 heteroatoms. The predicted molar refractivity (Wildman–Crippen MR) is 148 cm³/mol. The number of alkyl halides is 6. The van der Waals surface area contributed by atoms with Crippen molar-refractivity contribution >= 4 is 33.2 Å². The van der Waals surface area contributed by atoms with Crippen LogP contribution >= 0.6 is 10.7 Å². The van der Waals surface area contributed by atoms with Gasteiger partial charge in [0.05, 0.1) is 23.6 Å². The molecule has 2 unspecified atom stereocenters. The predicted octanol–water partition coefficient (Wildman–Crippen LogP) is 7.25. The van der Waals surface area contributed by atoms with Gasteiger partial charge in [0.2, 0.25) is 0 Å². The average Bonchev–Trinajstić information content (AvgIpc) is 3.17. The number of pyridine rings is 1. The number of halogens is 6. The molecule has 0 fully saturated rings. The van der Waals surface area contributed by atoms with Gasteiger partial charge in [-0.05, 0) is 73.3 Å². The summed E-state index contributed by atoms with van der Waals surface area (Å²) in [7, 11) is 0.851. The molecule has 0 bridgehead atoms. The maximum atomic E-state index is 13.5. The molecule has 2 atom stereocenters. The molecule has 7 nitrogen and oxygen atoms in total. The second-order valence-electron chi connectivity index (χ2n) is 9.45. The molecule has 2 N–H and O–H groups in total. The Balaban J connectivity index is 1.61. The lowest BCUT2D eigenvalue weighted by Crippen LogP contribution is -2.18. The van der Waals surface area contributed by atoms with E-state index in [-0.39, 0.29) is 18.1 Å². The van der Waals surface area contributed by atoms with Crippen molar-refractivity contribution in [2.45, 2.75) is 43.9 Å². The second-order valence-corrected chi connectivity index (χ2v) is 11.5. The summed E-state index contributed by atoms with van der Waals surface area (Å²) in [6.45, 7) is 3.73. The Morgan fingerprint density at radius 1 is 1.02 bits per heavy atom. The van der Waals surface area contributed by atoms with Crippen LogP contribution in [0.2, 0.25) is 0 Å². The van der Waals surface area contributed by atoms with Gasteiger partial charge >= 0.3 is 12.5 Å². The lowest BCUT2D eigenvalue weighted by atomic mass is 10.0. The third-order valence-electron chi connectivity index (χ3n) is 6.61. The lowest BCUT2D eigenvalue weighted by Gasteiger charge is -2.29. The maximum Gasteiger partial charge on any atom is 0.573 e. The Labute approximate surface area is 239 Å². The van der Waals surface area contributed by atoms with Crippen molar-refractivity contribution < 1.29 is 36.2 Å². The van der Waals surface area contributed by atoms with Crippen LogP contribution in [0.4, 0.5) is 43.5 Å². The number of aliphatic hydroxyl groups excluding tert-OH is 1. The van der Waals surface area contributed by atoms with E-state index in [1.807, 2.05) is 16.6 Å². The van der Waals surface area contributed by atoms with Crippen molar-refractivity contribution in [1.29, 1.82) is 0 Å². The molecule has 42 heavy (non-hydrogen) atoms. The normalized spacial score (nSPS) is 15.0. The van der Waals surface area contributed by atoms with E-state index in [4.69, 9.17) is 0 Å². The van der Waals surface area contributed by atoms with Crippen LogP contribution in [0.1, 0.15) is 41.2 Å². The van der Waals surface area contributed by atoms with Gasteiger partial charge in [-0.25, -0.2) is 4.98 Å². The van der Waals surface area contributed by atoms with Gasteiger partial charge in [-0.3, -0.25) is 4.68 Å². The number of aromatic nitrogens is 3. The molecule has 0 amide bonds. The van der Waals surface area contributed by atoms with Crippen LogP contribution in [0, 0.1) is 6.92 Å². The smallest absolute Gasteiger partial charge is 0.406 e. The van der Waals surface area contributed by atoms with Crippen LogP contribution in [-0.2, 0) is 19.8 Å². The van der Waals surface area contributed by atoms with Gasteiger partial charge in [0.15, 0.2) is 0 Å². The zero-order valence-corrected chi connectivity index (χ0v) is 23.3. The molecule has 2 aromatic heterocycles. The fourth-order valence-corrected chi connectivity index (χ4v) is 6.36. The zero-order valence-electron chi connectivity index (χ0n) is 22.5. The monoisotopic (exact) mass is 609 g/mol. The van der Waals surface area contributed by atoms with Crippen molar-refractivity contribution in [3.63, 3.8) is 0 Å². The average molecular weight is 610 g/mol. The Morgan fingerprint density at radius 3 is 2.33 bits per heavy atom. The molecular formula is C28H25F6N5O2S. The molecule has 0 saturated heterocycles. The van der Waals surface area contributed by atoms with Crippen LogP contribution in [0.25, 0.3) is 0 Å². The molecule has 5 rings (SSSR count). The standard InChI is InChI=1S/C28H25F6N5O2S/c1-4-42(20-9-7-19(8-10-20)41-28(32,33)34)39-15-18-6-12-24(27(29,30)31)36-26(18)35-21-11-5-17(14-23(21)39)25(40)22-13-16(2)38(3)37-22/h4-14,25,40H,15H2,1-3H3,(H,35,36). The molecule has 0 spiro atoms. The summed E-state index contributed by atoms with van der Waals surface area (Å²) in [6, 6.07) is 14.4. The second kappa shape index (κ2) is 11.0. The fourth-order valence-electron chi connectivity index (χ4n) is 4.52. The lowest BCUT2D eigenvalue weighted by molar-refractivity contribution is -0.274. The number of nitrogens with one attached hydrogen (secondary N) is 1. The highest BCUT2D eigenvalue weighted by Crippen LogP contribution is 2.46. The quantitative estimate of drug-likeness (QED) is 0.183. The molecule has 0 aliphatic carbocycles. The third kappa shape index (κ3) is 6.09. The van der Waals surface area contributed by atoms with Crippen molar-refractivity contribution in [2.24, 2.45) is 7.05 Å². The number of hydrogen-bond acceptors (Lipinski definition) is 6. The van der Waals surface area contributed by atoms with Crippen LogP contribution in [0.3, 0.4) is 0 Å². The van der Waals surface area contributed by atoms with E-state index in [0.717, 1.165) is 11.8 Å². The Kier molecular flexibility index (Phi) is 7.70. The van der Waals surface area contributed by atoms with E-state index in [1.54, 1.807) is 42.9 Å². The summed E-state index contributed by atoms with van der Waals surface area (Å²) in [4.78, 5) is 4.48. The minimum absolute atomic E-state index is 0.0239. The Morgan fingerprint density at radius 2 is 1.74 bits per heavy atom. The summed E-state index contributed by atoms with van der Waals surface area (Å²) in [5.41, 5.74) is 2.14. The molecule has 3 heterocycles. The van der Waals surface area contributed by atoms with Gasteiger partial charge in [-0.1, -0.05) is 22.8 Å². The van der Waals surface area contributed by atoms with Gasteiger partial charge in [-0.15, -0.1) is 13.2 Å². The number of ether oxygens (including phenoxy) is 1. The SMILES string of the molecule is CC=S(c1ccc(OC(F)(F)F)cc1)N1Cc2ccc(C(F)(F)F)nc2Nc2ccc(C(O)c3cc(C)n(C)n3)cc21. The number of hydrogen-bond donors (Lipinski definition) is 2. The molecule has 1 aliphatic rings. The zero-order chi connectivity index (χ0) is 30.4. The largest absolute Gasteiger partial charge is 0.573 e. The number of rotatable bonds is 5. The van der Waals surface area contributed by atoms with Crippen LogP contribution in [0.15, 0.2) is 65.6 Å². The van der Waals surface area contributed by atoms with Gasteiger partial charge in [0.1, 0.15) is 23.4 Å². The minimum Gasteiger partial charge on any atom is -0.406 e. The van der Waals surface area contributed by atoms with E-state index in [1.165, 1.54) is 30.3 Å².